The molecule has 0 amide bonds. The summed E-state index contributed by atoms with van der Waals surface area (Å²) in [5.41, 5.74) is 4.58. The molecule has 58 valence electrons. The third kappa shape index (κ3) is 1.48. The lowest BCUT2D eigenvalue weighted by Gasteiger charge is -2.12. The van der Waals surface area contributed by atoms with Crippen molar-refractivity contribution in [3.05, 3.63) is 35.5 Å². The van der Waals surface area contributed by atoms with Gasteiger partial charge in [-0.3, -0.25) is 4.99 Å². The van der Waals surface area contributed by atoms with Gasteiger partial charge in [0.2, 0.25) is 0 Å². The lowest BCUT2D eigenvalue weighted by molar-refractivity contribution is 1.31. The molecule has 0 unspecified atom stereocenters. The Morgan fingerprint density at radius 3 is 2.00 bits per heavy atom. The van der Waals surface area contributed by atoms with Crippen LogP contribution in [0.25, 0.3) is 0 Å². The van der Waals surface area contributed by atoms with Crippen molar-refractivity contribution in [3.63, 3.8) is 0 Å². The Hall–Kier alpha value is -1.11. The molecule has 0 N–H and O–H groups in total. The number of rotatable bonds is 0. The van der Waals surface area contributed by atoms with E-state index in [0.29, 0.717) is 0 Å². The standard InChI is InChI=1S/C10H13N/c1-7-5-10(11-4)6-8(2)9(7)3/h5-6H,3H2,1-2,4H3. The minimum atomic E-state index is 1.03. The van der Waals surface area contributed by atoms with Crippen LogP contribution in [-0.2, 0) is 0 Å². The molecule has 0 aromatic carbocycles. The van der Waals surface area contributed by atoms with Crippen LogP contribution in [0.2, 0.25) is 0 Å². The highest BCUT2D eigenvalue weighted by atomic mass is 14.7. The van der Waals surface area contributed by atoms with E-state index in [-0.39, 0.29) is 0 Å². The molecule has 0 fully saturated rings. The molecule has 11 heavy (non-hydrogen) atoms. The van der Waals surface area contributed by atoms with E-state index in [9.17, 15) is 0 Å². The maximum Gasteiger partial charge on any atom is 0.0576 e. The van der Waals surface area contributed by atoms with Gasteiger partial charge in [0.05, 0.1) is 5.71 Å². The van der Waals surface area contributed by atoms with Crippen molar-refractivity contribution in [2.24, 2.45) is 4.99 Å². The first-order valence-electron chi connectivity index (χ1n) is 3.68. The van der Waals surface area contributed by atoms with Crippen LogP contribution in [0.4, 0.5) is 0 Å². The van der Waals surface area contributed by atoms with Crippen LogP contribution >= 0.6 is 0 Å². The minimum absolute atomic E-state index is 1.03. The Labute approximate surface area is 67.8 Å². The van der Waals surface area contributed by atoms with Gasteiger partial charge < -0.3 is 0 Å². The van der Waals surface area contributed by atoms with Crippen LogP contribution in [0, 0.1) is 0 Å². The van der Waals surface area contributed by atoms with Gasteiger partial charge in [-0.2, -0.15) is 0 Å². The molecule has 0 saturated heterocycles. The summed E-state index contributed by atoms with van der Waals surface area (Å²) in [7, 11) is 1.80. The van der Waals surface area contributed by atoms with Crippen molar-refractivity contribution in [1.29, 1.82) is 0 Å². The van der Waals surface area contributed by atoms with E-state index in [1.54, 1.807) is 7.05 Å². The average Bonchev–Trinajstić information content (AvgIpc) is 1.99. The zero-order valence-electron chi connectivity index (χ0n) is 7.31. The number of nitrogens with zero attached hydrogens (tertiary/aromatic N) is 1. The molecule has 1 heteroatoms. The van der Waals surface area contributed by atoms with Crippen LogP contribution in [-0.4, -0.2) is 12.8 Å². The van der Waals surface area contributed by atoms with Crippen LogP contribution in [0.5, 0.6) is 0 Å². The van der Waals surface area contributed by atoms with Crippen LogP contribution < -0.4 is 0 Å². The first kappa shape index (κ1) is 7.99. The van der Waals surface area contributed by atoms with E-state index in [4.69, 9.17) is 0 Å². The maximum atomic E-state index is 4.11. The molecule has 0 aliphatic heterocycles. The van der Waals surface area contributed by atoms with E-state index >= 15 is 0 Å². The summed E-state index contributed by atoms with van der Waals surface area (Å²) >= 11 is 0. The predicted octanol–water partition coefficient (Wildman–Crippen LogP) is 2.52. The molecule has 0 aromatic rings. The Balaban J connectivity index is 3.07. The molecule has 0 saturated carbocycles. The van der Waals surface area contributed by atoms with Gasteiger partial charge in [0.15, 0.2) is 0 Å². The summed E-state index contributed by atoms with van der Waals surface area (Å²) in [4.78, 5) is 4.11. The van der Waals surface area contributed by atoms with Crippen molar-refractivity contribution < 1.29 is 0 Å². The number of allylic oxidation sites excluding steroid dienone is 5. The quantitative estimate of drug-likeness (QED) is 0.499. The van der Waals surface area contributed by atoms with Crippen LogP contribution in [0.1, 0.15) is 13.8 Å². The Bertz CT molecular complexity index is 253. The molecule has 1 rings (SSSR count). The second-order valence-corrected chi connectivity index (χ2v) is 2.78. The number of aliphatic imine (C=N–C) groups is 1. The second kappa shape index (κ2) is 2.87. The molecular weight excluding hydrogens is 134 g/mol. The highest BCUT2D eigenvalue weighted by Crippen LogP contribution is 2.20. The van der Waals surface area contributed by atoms with Gasteiger partial charge >= 0.3 is 0 Å². The van der Waals surface area contributed by atoms with Crippen molar-refractivity contribution in [2.45, 2.75) is 13.8 Å². The highest BCUT2D eigenvalue weighted by molar-refractivity contribution is 6.07. The van der Waals surface area contributed by atoms with Crippen LogP contribution in [0.3, 0.4) is 0 Å². The van der Waals surface area contributed by atoms with Crippen molar-refractivity contribution in [2.75, 3.05) is 7.05 Å². The molecule has 0 radical (unpaired) electrons. The lowest BCUT2D eigenvalue weighted by atomic mass is 9.95. The summed E-state index contributed by atoms with van der Waals surface area (Å²) in [6, 6.07) is 0. The smallest absolute Gasteiger partial charge is 0.0576 e. The molecule has 1 aliphatic carbocycles. The Kier molecular flexibility index (Phi) is 2.08. The number of hydrogen-bond donors (Lipinski definition) is 0. The molecular formula is C10H13N. The van der Waals surface area contributed by atoms with E-state index in [1.807, 2.05) is 0 Å². The third-order valence-corrected chi connectivity index (χ3v) is 1.94. The van der Waals surface area contributed by atoms with Crippen molar-refractivity contribution in [1.82, 2.24) is 0 Å². The van der Waals surface area contributed by atoms with Crippen molar-refractivity contribution >= 4 is 5.71 Å². The first-order chi connectivity index (χ1) is 5.15. The van der Waals surface area contributed by atoms with Gasteiger partial charge in [-0.25, -0.2) is 0 Å². The van der Waals surface area contributed by atoms with Gasteiger partial charge in [0.1, 0.15) is 0 Å². The molecule has 0 atom stereocenters. The van der Waals surface area contributed by atoms with Gasteiger partial charge in [-0.1, -0.05) is 6.58 Å². The molecule has 0 spiro atoms. The van der Waals surface area contributed by atoms with Gasteiger partial charge in [0, 0.05) is 7.05 Å². The van der Waals surface area contributed by atoms with E-state index < -0.39 is 0 Å². The van der Waals surface area contributed by atoms with Gasteiger partial charge in [-0.05, 0) is 42.7 Å². The highest BCUT2D eigenvalue weighted by Gasteiger charge is 2.06. The Morgan fingerprint density at radius 1 is 1.18 bits per heavy atom. The maximum absolute atomic E-state index is 4.11. The Morgan fingerprint density at radius 2 is 1.64 bits per heavy atom. The monoisotopic (exact) mass is 147 g/mol. The van der Waals surface area contributed by atoms with E-state index in [1.165, 1.54) is 11.1 Å². The number of hydrogen-bond acceptors (Lipinski definition) is 1. The van der Waals surface area contributed by atoms with Crippen molar-refractivity contribution in [3.8, 4) is 0 Å². The summed E-state index contributed by atoms with van der Waals surface area (Å²) in [6.45, 7) is 8.07. The third-order valence-electron chi connectivity index (χ3n) is 1.94. The van der Waals surface area contributed by atoms with E-state index in [0.717, 1.165) is 11.3 Å². The fraction of sp³-hybridized carbons (Fsp3) is 0.300. The zero-order valence-corrected chi connectivity index (χ0v) is 7.31. The normalized spacial score (nSPS) is 17.7. The zero-order chi connectivity index (χ0) is 8.43. The SMILES string of the molecule is C=C1C(C)=CC(=NC)C=C1C. The lowest BCUT2D eigenvalue weighted by Crippen LogP contribution is -2.01. The fourth-order valence-electron chi connectivity index (χ4n) is 1.10. The summed E-state index contributed by atoms with van der Waals surface area (Å²) in [6.07, 6.45) is 4.10. The average molecular weight is 147 g/mol. The van der Waals surface area contributed by atoms with E-state index in [2.05, 4.69) is 37.6 Å². The van der Waals surface area contributed by atoms with Gasteiger partial charge in [-0.15, -0.1) is 0 Å². The molecule has 0 heterocycles. The molecule has 0 bridgehead atoms. The summed E-state index contributed by atoms with van der Waals surface area (Å²) in [5.74, 6) is 0. The second-order valence-electron chi connectivity index (χ2n) is 2.78. The summed E-state index contributed by atoms with van der Waals surface area (Å²) in [5, 5.41) is 0. The minimum Gasteiger partial charge on any atom is -0.289 e. The molecule has 1 nitrogen and oxygen atoms in total. The molecule has 1 aliphatic rings. The molecule has 0 aromatic heterocycles. The largest absolute Gasteiger partial charge is 0.289 e. The first-order valence-corrected chi connectivity index (χ1v) is 3.68. The predicted molar refractivity (Wildman–Crippen MR) is 50.0 cm³/mol. The topological polar surface area (TPSA) is 12.4 Å². The summed E-state index contributed by atoms with van der Waals surface area (Å²) < 4.78 is 0. The van der Waals surface area contributed by atoms with Gasteiger partial charge in [0.25, 0.3) is 0 Å². The van der Waals surface area contributed by atoms with Crippen LogP contribution in [0.15, 0.2) is 40.4 Å². The fourth-order valence-corrected chi connectivity index (χ4v) is 1.10.